The monoisotopic (exact) mass is 297 g/mol. The molecule has 0 rings (SSSR count). The fourth-order valence-corrected chi connectivity index (χ4v) is 1.05. The Morgan fingerprint density at radius 1 is 1.85 bits per heavy atom. The van der Waals surface area contributed by atoms with E-state index in [1.807, 2.05) is 22.6 Å². The number of carbonyl (C=O) groups is 1. The van der Waals surface area contributed by atoms with Crippen molar-refractivity contribution in [3.63, 3.8) is 0 Å². The van der Waals surface area contributed by atoms with E-state index < -0.39 is 12.0 Å². The lowest BCUT2D eigenvalue weighted by Gasteiger charge is -2.05. The SMILES string of the molecule is CN/C=C(/C[C@H](N)C(=O)O)N=CI. The smallest absolute Gasteiger partial charge is 0.320 e. The normalized spacial score (nSPS) is 14.5. The molecule has 0 bridgehead atoms. The lowest BCUT2D eigenvalue weighted by Crippen LogP contribution is -2.30. The van der Waals surface area contributed by atoms with Gasteiger partial charge in [0.05, 0.1) is 9.92 Å². The predicted molar refractivity (Wildman–Crippen MR) is 59.9 cm³/mol. The largest absolute Gasteiger partial charge is 0.480 e. The zero-order valence-electron chi connectivity index (χ0n) is 7.20. The van der Waals surface area contributed by atoms with E-state index in [4.69, 9.17) is 10.8 Å². The average Bonchev–Trinajstić information content (AvgIpc) is 2.05. The summed E-state index contributed by atoms with van der Waals surface area (Å²) in [5.41, 5.74) is 5.95. The highest BCUT2D eigenvalue weighted by Crippen LogP contribution is 2.05. The molecule has 0 amide bonds. The van der Waals surface area contributed by atoms with E-state index in [2.05, 4.69) is 10.3 Å². The molecule has 1 atom stereocenters. The standard InChI is InChI=1S/C7H12IN3O2/c1-10-3-5(11-4-8)2-6(9)7(12)13/h3-4,6,10H,2,9H2,1H3,(H,12,13)/b5-3-,11-4?/t6-/m0/s1. The molecule has 74 valence electrons. The number of nitrogens with one attached hydrogen (secondary N) is 1. The van der Waals surface area contributed by atoms with Gasteiger partial charge >= 0.3 is 5.97 Å². The summed E-state index contributed by atoms with van der Waals surface area (Å²) in [5, 5.41) is 11.3. The molecule has 0 radical (unpaired) electrons. The van der Waals surface area contributed by atoms with Crippen LogP contribution in [0.15, 0.2) is 16.9 Å². The first-order chi connectivity index (χ1) is 6.11. The Hall–Kier alpha value is -0.630. The summed E-state index contributed by atoms with van der Waals surface area (Å²) < 4.78 is 1.56. The Morgan fingerprint density at radius 3 is 2.85 bits per heavy atom. The predicted octanol–water partition coefficient (Wildman–Crippen LogP) is 0.313. The topological polar surface area (TPSA) is 87.7 Å². The second-order valence-electron chi connectivity index (χ2n) is 2.30. The van der Waals surface area contributed by atoms with Crippen LogP contribution in [0.2, 0.25) is 0 Å². The van der Waals surface area contributed by atoms with E-state index in [1.165, 1.54) is 0 Å². The van der Waals surface area contributed by atoms with Gasteiger partial charge in [-0.15, -0.1) is 0 Å². The first kappa shape index (κ1) is 12.4. The first-order valence-electron chi connectivity index (χ1n) is 3.59. The summed E-state index contributed by atoms with van der Waals surface area (Å²) in [7, 11) is 1.72. The quantitative estimate of drug-likeness (QED) is 0.503. The van der Waals surface area contributed by atoms with Crippen LogP contribution in [-0.2, 0) is 4.79 Å². The van der Waals surface area contributed by atoms with Crippen LogP contribution in [0.5, 0.6) is 0 Å². The number of hydrogen-bond acceptors (Lipinski definition) is 4. The molecular weight excluding hydrogens is 285 g/mol. The van der Waals surface area contributed by atoms with E-state index in [9.17, 15) is 4.79 Å². The van der Waals surface area contributed by atoms with Crippen molar-refractivity contribution in [3.8, 4) is 0 Å². The molecule has 0 aliphatic heterocycles. The molecule has 4 N–H and O–H groups in total. The number of nitrogens with zero attached hydrogens (tertiary/aromatic N) is 1. The van der Waals surface area contributed by atoms with Crippen molar-refractivity contribution >= 4 is 32.8 Å². The van der Waals surface area contributed by atoms with Crippen LogP contribution < -0.4 is 11.1 Å². The Labute approximate surface area is 90.2 Å². The van der Waals surface area contributed by atoms with Gasteiger partial charge in [-0.2, -0.15) is 0 Å². The molecule has 0 saturated heterocycles. The lowest BCUT2D eigenvalue weighted by molar-refractivity contribution is -0.138. The zero-order valence-corrected chi connectivity index (χ0v) is 9.35. The Bertz CT molecular complexity index is 228. The van der Waals surface area contributed by atoms with Crippen LogP contribution in [0.4, 0.5) is 0 Å². The minimum absolute atomic E-state index is 0.218. The van der Waals surface area contributed by atoms with Gasteiger partial charge in [0.25, 0.3) is 0 Å². The number of hydrogen-bond donors (Lipinski definition) is 3. The number of carboxylic acid groups (broad SMARTS) is 1. The van der Waals surface area contributed by atoms with Crippen LogP contribution >= 0.6 is 22.6 Å². The Morgan fingerprint density at radius 2 is 2.46 bits per heavy atom. The van der Waals surface area contributed by atoms with Crippen molar-refractivity contribution in [2.45, 2.75) is 12.5 Å². The molecule has 0 fully saturated rings. The third kappa shape index (κ3) is 5.58. The molecule has 0 unspecified atom stereocenters. The molecule has 0 saturated carbocycles. The van der Waals surface area contributed by atoms with E-state index >= 15 is 0 Å². The molecule has 0 aromatic carbocycles. The van der Waals surface area contributed by atoms with Crippen molar-refractivity contribution < 1.29 is 9.90 Å². The van der Waals surface area contributed by atoms with Gasteiger partial charge in [0.2, 0.25) is 0 Å². The van der Waals surface area contributed by atoms with Crippen LogP contribution in [0, 0.1) is 0 Å². The number of aliphatic imine (C=N–C) groups is 1. The summed E-state index contributed by atoms with van der Waals surface area (Å²) in [5.74, 6) is -1.02. The molecule has 0 heterocycles. The van der Waals surface area contributed by atoms with Crippen LogP contribution in [-0.4, -0.2) is 28.4 Å². The summed E-state index contributed by atoms with van der Waals surface area (Å²) in [4.78, 5) is 14.4. The second-order valence-corrected chi connectivity index (χ2v) is 2.86. The van der Waals surface area contributed by atoms with Crippen molar-refractivity contribution in [1.29, 1.82) is 0 Å². The fourth-order valence-electron chi connectivity index (χ4n) is 0.691. The molecule has 13 heavy (non-hydrogen) atoms. The van der Waals surface area contributed by atoms with Crippen LogP contribution in [0.25, 0.3) is 0 Å². The number of aliphatic carboxylic acids is 1. The van der Waals surface area contributed by atoms with Crippen LogP contribution in [0.1, 0.15) is 6.42 Å². The van der Waals surface area contributed by atoms with E-state index in [1.54, 1.807) is 17.5 Å². The minimum Gasteiger partial charge on any atom is -0.480 e. The third-order valence-electron chi connectivity index (χ3n) is 1.27. The molecular formula is C7H12IN3O2. The van der Waals surface area contributed by atoms with E-state index in [0.717, 1.165) is 0 Å². The molecule has 5 nitrogen and oxygen atoms in total. The average molecular weight is 297 g/mol. The summed E-state index contributed by atoms with van der Waals surface area (Å²) >= 11 is 1.96. The molecule has 0 aromatic rings. The van der Waals surface area contributed by atoms with Gasteiger partial charge in [0, 0.05) is 19.7 Å². The van der Waals surface area contributed by atoms with Gasteiger partial charge in [-0.05, 0) is 22.6 Å². The van der Waals surface area contributed by atoms with Gasteiger partial charge in [0.15, 0.2) is 0 Å². The highest BCUT2D eigenvalue weighted by atomic mass is 127. The highest BCUT2D eigenvalue weighted by Gasteiger charge is 2.12. The number of nitrogens with two attached hydrogens (primary N) is 1. The number of halogens is 1. The van der Waals surface area contributed by atoms with Gasteiger partial charge in [-0.25, -0.2) is 0 Å². The fraction of sp³-hybridized carbons (Fsp3) is 0.429. The van der Waals surface area contributed by atoms with Crippen molar-refractivity contribution in [2.24, 2.45) is 10.7 Å². The zero-order chi connectivity index (χ0) is 10.3. The summed E-state index contributed by atoms with van der Waals surface area (Å²) in [6.07, 6.45) is 1.84. The molecule has 0 aliphatic carbocycles. The maximum atomic E-state index is 10.4. The lowest BCUT2D eigenvalue weighted by atomic mass is 10.2. The van der Waals surface area contributed by atoms with E-state index in [0.29, 0.717) is 5.70 Å². The molecule has 6 heteroatoms. The maximum Gasteiger partial charge on any atom is 0.320 e. The summed E-state index contributed by atoms with van der Waals surface area (Å²) in [6, 6.07) is -0.903. The second kappa shape index (κ2) is 6.84. The number of rotatable bonds is 5. The highest BCUT2D eigenvalue weighted by molar-refractivity contribution is 14.1. The third-order valence-corrected chi connectivity index (χ3v) is 1.55. The first-order valence-corrected chi connectivity index (χ1v) is 4.83. The Balaban J connectivity index is 4.26. The van der Waals surface area contributed by atoms with Gasteiger partial charge in [-0.1, -0.05) is 0 Å². The van der Waals surface area contributed by atoms with Crippen molar-refractivity contribution in [1.82, 2.24) is 5.32 Å². The van der Waals surface area contributed by atoms with Crippen molar-refractivity contribution in [2.75, 3.05) is 7.05 Å². The van der Waals surface area contributed by atoms with Gasteiger partial charge in [0.1, 0.15) is 6.04 Å². The van der Waals surface area contributed by atoms with Gasteiger partial charge < -0.3 is 16.2 Å². The molecule has 0 aromatic heterocycles. The van der Waals surface area contributed by atoms with Crippen LogP contribution in [0.3, 0.4) is 0 Å². The van der Waals surface area contributed by atoms with Gasteiger partial charge in [-0.3, -0.25) is 9.79 Å². The molecule has 0 aliphatic rings. The Kier molecular flexibility index (Phi) is 6.51. The van der Waals surface area contributed by atoms with Crippen molar-refractivity contribution in [3.05, 3.63) is 11.9 Å². The van der Waals surface area contributed by atoms with E-state index in [-0.39, 0.29) is 6.42 Å². The maximum absolute atomic E-state index is 10.4. The summed E-state index contributed by atoms with van der Waals surface area (Å²) in [6.45, 7) is 0. The number of carboxylic acids is 1. The molecule has 0 spiro atoms. The minimum atomic E-state index is -1.02.